The zero-order valence-corrected chi connectivity index (χ0v) is 13.3. The van der Waals surface area contributed by atoms with E-state index >= 15 is 0 Å². The smallest absolute Gasteiger partial charge is 0.264 e. The fraction of sp³-hybridized carbons (Fsp3) is 0.438. The monoisotopic (exact) mass is 303 g/mol. The van der Waals surface area contributed by atoms with Gasteiger partial charge in [0.25, 0.3) is 11.5 Å². The molecule has 0 bridgehead atoms. The molecule has 0 aromatic carbocycles. The van der Waals surface area contributed by atoms with Crippen LogP contribution in [0, 0.1) is 0 Å². The third kappa shape index (κ3) is 3.33. The Hall–Kier alpha value is -2.21. The van der Waals surface area contributed by atoms with E-state index in [0.717, 1.165) is 25.0 Å². The molecule has 2 aromatic heterocycles. The van der Waals surface area contributed by atoms with Crippen LogP contribution in [0.3, 0.4) is 0 Å². The molecule has 0 fully saturated rings. The maximum atomic E-state index is 12.3. The molecule has 22 heavy (non-hydrogen) atoms. The van der Waals surface area contributed by atoms with Crippen molar-refractivity contribution in [3.8, 4) is 0 Å². The molecule has 0 aliphatic heterocycles. The molecular weight excluding hydrogens is 280 g/mol. The molecule has 118 valence electrons. The molecule has 0 aliphatic carbocycles. The fourth-order valence-electron chi connectivity index (χ4n) is 2.51. The van der Waals surface area contributed by atoms with E-state index in [1.807, 2.05) is 6.07 Å². The number of amides is 1. The molecule has 6 nitrogen and oxygen atoms in total. The minimum atomic E-state index is -0.321. The van der Waals surface area contributed by atoms with Crippen LogP contribution in [0.25, 0.3) is 11.0 Å². The zero-order chi connectivity index (χ0) is 16.1. The van der Waals surface area contributed by atoms with Gasteiger partial charge in [-0.3, -0.25) is 14.2 Å². The Bertz CT molecular complexity index is 720. The van der Waals surface area contributed by atoms with Gasteiger partial charge in [-0.15, -0.1) is 0 Å². The Morgan fingerprint density at radius 3 is 2.77 bits per heavy atom. The number of hydrogen-bond acceptors (Lipinski definition) is 3. The Morgan fingerprint density at radius 1 is 1.36 bits per heavy atom. The van der Waals surface area contributed by atoms with Gasteiger partial charge in [0.1, 0.15) is 11.2 Å². The molecule has 0 atom stereocenters. The van der Waals surface area contributed by atoms with Gasteiger partial charge in [-0.1, -0.05) is 0 Å². The summed E-state index contributed by atoms with van der Waals surface area (Å²) < 4.78 is 1.42. The standard InChI is InChI=1S/C16H22N4O2/c1-4-20(5-2)10-9-18-15(21)13-11-12-7-6-8-17-14(12)19(3)16(13)22/h6-8,11H,4-5,9-10H2,1-3H3,(H,18,21)/p+1. The molecule has 0 aliphatic rings. The maximum Gasteiger partial charge on any atom is 0.264 e. The molecular formula is C16H23N4O2+. The van der Waals surface area contributed by atoms with E-state index in [1.54, 1.807) is 25.4 Å². The van der Waals surface area contributed by atoms with Gasteiger partial charge in [-0.05, 0) is 32.0 Å². The molecule has 1 amide bonds. The van der Waals surface area contributed by atoms with Crippen LogP contribution in [0.2, 0.25) is 0 Å². The molecule has 0 radical (unpaired) electrons. The van der Waals surface area contributed by atoms with Crippen molar-refractivity contribution in [3.05, 3.63) is 40.3 Å². The molecule has 6 heteroatoms. The lowest BCUT2D eigenvalue weighted by Crippen LogP contribution is -3.12. The largest absolute Gasteiger partial charge is 0.346 e. The van der Waals surface area contributed by atoms with Gasteiger partial charge < -0.3 is 10.2 Å². The second-order valence-electron chi connectivity index (χ2n) is 5.30. The van der Waals surface area contributed by atoms with Crippen LogP contribution in [0.15, 0.2) is 29.2 Å². The predicted molar refractivity (Wildman–Crippen MR) is 86.2 cm³/mol. The molecule has 0 spiro atoms. The topological polar surface area (TPSA) is 68.4 Å². The number of likely N-dealkylation sites (N-methyl/N-ethyl adjacent to an activating group) is 1. The van der Waals surface area contributed by atoms with Crippen LogP contribution in [0.4, 0.5) is 0 Å². The van der Waals surface area contributed by atoms with E-state index in [9.17, 15) is 9.59 Å². The first-order chi connectivity index (χ1) is 10.6. The maximum absolute atomic E-state index is 12.3. The molecule has 2 N–H and O–H groups in total. The van der Waals surface area contributed by atoms with E-state index in [2.05, 4.69) is 24.1 Å². The summed E-state index contributed by atoms with van der Waals surface area (Å²) in [6.45, 7) is 7.70. The van der Waals surface area contributed by atoms with Crippen molar-refractivity contribution in [1.82, 2.24) is 14.9 Å². The lowest BCUT2D eigenvalue weighted by Gasteiger charge is -2.15. The number of pyridine rings is 2. The third-order valence-electron chi connectivity index (χ3n) is 3.98. The first-order valence-corrected chi connectivity index (χ1v) is 7.65. The number of quaternary nitrogens is 1. The Balaban J connectivity index is 2.18. The number of rotatable bonds is 6. The van der Waals surface area contributed by atoms with Gasteiger partial charge in [-0.2, -0.15) is 0 Å². The summed E-state index contributed by atoms with van der Waals surface area (Å²) in [5.41, 5.74) is 0.424. The second kappa shape index (κ2) is 7.17. The highest BCUT2D eigenvalue weighted by molar-refractivity contribution is 5.96. The Labute approximate surface area is 129 Å². The van der Waals surface area contributed by atoms with Gasteiger partial charge in [0.2, 0.25) is 0 Å². The number of nitrogens with one attached hydrogen (secondary N) is 2. The highest BCUT2D eigenvalue weighted by Gasteiger charge is 2.14. The SMILES string of the molecule is CC[NH+](CC)CCNC(=O)c1cc2cccnc2n(C)c1=O. The van der Waals surface area contributed by atoms with Crippen LogP contribution in [0.5, 0.6) is 0 Å². The number of aryl methyl sites for hydroxylation is 1. The summed E-state index contributed by atoms with van der Waals surface area (Å²) in [6, 6.07) is 5.25. The van der Waals surface area contributed by atoms with Crippen LogP contribution >= 0.6 is 0 Å². The Kier molecular flexibility index (Phi) is 5.27. The first-order valence-electron chi connectivity index (χ1n) is 7.65. The number of carbonyl (C=O) groups excluding carboxylic acids is 1. The molecule has 0 saturated carbocycles. The average molecular weight is 303 g/mol. The Morgan fingerprint density at radius 2 is 2.09 bits per heavy atom. The quantitative estimate of drug-likeness (QED) is 0.762. The van der Waals surface area contributed by atoms with Crippen LogP contribution in [-0.2, 0) is 7.05 Å². The summed E-state index contributed by atoms with van der Waals surface area (Å²) in [6.07, 6.45) is 1.63. The van der Waals surface area contributed by atoms with Crippen molar-refractivity contribution in [1.29, 1.82) is 0 Å². The summed E-state index contributed by atoms with van der Waals surface area (Å²) in [5, 5.41) is 3.62. The molecule has 2 heterocycles. The first kappa shape index (κ1) is 16.2. The van der Waals surface area contributed by atoms with Crippen LogP contribution < -0.4 is 15.8 Å². The second-order valence-corrected chi connectivity index (χ2v) is 5.30. The van der Waals surface area contributed by atoms with E-state index in [0.29, 0.717) is 12.2 Å². The van der Waals surface area contributed by atoms with Crippen molar-refractivity contribution in [2.45, 2.75) is 13.8 Å². The van der Waals surface area contributed by atoms with Gasteiger partial charge >= 0.3 is 0 Å². The lowest BCUT2D eigenvalue weighted by molar-refractivity contribution is -0.895. The summed E-state index contributed by atoms with van der Waals surface area (Å²) in [5.74, 6) is -0.321. The number of carbonyl (C=O) groups is 1. The van der Waals surface area contributed by atoms with E-state index in [4.69, 9.17) is 0 Å². The number of hydrogen-bond donors (Lipinski definition) is 2. The highest BCUT2D eigenvalue weighted by atomic mass is 16.2. The lowest BCUT2D eigenvalue weighted by atomic mass is 10.2. The fourth-order valence-corrected chi connectivity index (χ4v) is 2.51. The molecule has 2 rings (SSSR count). The number of nitrogens with zero attached hydrogens (tertiary/aromatic N) is 2. The third-order valence-corrected chi connectivity index (χ3v) is 3.98. The zero-order valence-electron chi connectivity index (χ0n) is 13.3. The van der Waals surface area contributed by atoms with Crippen molar-refractivity contribution >= 4 is 16.9 Å². The molecule has 0 unspecified atom stereocenters. The number of aromatic nitrogens is 2. The van der Waals surface area contributed by atoms with Gasteiger partial charge in [0, 0.05) is 18.6 Å². The minimum absolute atomic E-state index is 0.164. The van der Waals surface area contributed by atoms with Crippen molar-refractivity contribution in [2.24, 2.45) is 7.05 Å². The summed E-state index contributed by atoms with van der Waals surface area (Å²) in [7, 11) is 1.63. The molecule has 2 aromatic rings. The van der Waals surface area contributed by atoms with E-state index in [1.165, 1.54) is 9.47 Å². The van der Waals surface area contributed by atoms with Crippen LogP contribution in [0.1, 0.15) is 24.2 Å². The predicted octanol–water partition coefficient (Wildman–Crippen LogP) is -0.412. The van der Waals surface area contributed by atoms with Crippen molar-refractivity contribution in [3.63, 3.8) is 0 Å². The van der Waals surface area contributed by atoms with Gasteiger partial charge in [0.15, 0.2) is 0 Å². The summed E-state index contributed by atoms with van der Waals surface area (Å²) in [4.78, 5) is 30.1. The molecule has 0 saturated heterocycles. The van der Waals surface area contributed by atoms with Crippen LogP contribution in [-0.4, -0.2) is 41.6 Å². The van der Waals surface area contributed by atoms with Crippen molar-refractivity contribution < 1.29 is 9.69 Å². The highest BCUT2D eigenvalue weighted by Crippen LogP contribution is 2.09. The van der Waals surface area contributed by atoms with E-state index < -0.39 is 0 Å². The van der Waals surface area contributed by atoms with Gasteiger partial charge in [0.05, 0.1) is 26.2 Å². The minimum Gasteiger partial charge on any atom is -0.346 e. The average Bonchev–Trinajstić information content (AvgIpc) is 2.54. The van der Waals surface area contributed by atoms with Crippen molar-refractivity contribution in [2.75, 3.05) is 26.2 Å². The van der Waals surface area contributed by atoms with E-state index in [-0.39, 0.29) is 17.0 Å². The van der Waals surface area contributed by atoms with Gasteiger partial charge in [-0.25, -0.2) is 4.98 Å². The normalized spacial score (nSPS) is 11.1. The summed E-state index contributed by atoms with van der Waals surface area (Å²) >= 11 is 0. The number of fused-ring (bicyclic) bond motifs is 1.